The predicted octanol–water partition coefficient (Wildman–Crippen LogP) is 4.72. The van der Waals surface area contributed by atoms with Crippen LogP contribution in [0.5, 0.6) is 11.5 Å². The number of amides is 1. The first-order valence-corrected chi connectivity index (χ1v) is 8.26. The van der Waals surface area contributed by atoms with Gasteiger partial charge in [0.1, 0.15) is 11.5 Å². The third-order valence-corrected chi connectivity index (χ3v) is 3.72. The fourth-order valence-electron chi connectivity index (χ4n) is 2.19. The van der Waals surface area contributed by atoms with Gasteiger partial charge >= 0.3 is 6.36 Å². The molecule has 0 aliphatic carbocycles. The fourth-order valence-corrected chi connectivity index (χ4v) is 2.38. The highest BCUT2D eigenvalue weighted by molar-refractivity contribution is 6.32. The normalized spacial score (nSPS) is 11.1. The number of para-hydroxylation sites is 1. The number of hydrogen-bond donors (Lipinski definition) is 1. The molecule has 0 saturated heterocycles. The lowest BCUT2D eigenvalue weighted by atomic mass is 10.3. The van der Waals surface area contributed by atoms with Gasteiger partial charge in [-0.15, -0.1) is 13.2 Å². The quantitative estimate of drug-likeness (QED) is 0.637. The van der Waals surface area contributed by atoms with Gasteiger partial charge in [-0.05, 0) is 42.5 Å². The zero-order valence-corrected chi connectivity index (χ0v) is 14.9. The van der Waals surface area contributed by atoms with Crippen LogP contribution in [0.2, 0.25) is 5.02 Å². The first kappa shape index (κ1) is 19.6. The van der Waals surface area contributed by atoms with Gasteiger partial charge in [-0.1, -0.05) is 23.7 Å². The van der Waals surface area contributed by atoms with E-state index in [0.717, 1.165) is 12.1 Å². The maximum Gasteiger partial charge on any atom is 0.573 e. The van der Waals surface area contributed by atoms with Crippen molar-refractivity contribution in [2.45, 2.75) is 13.1 Å². The maximum absolute atomic E-state index is 12.2. The Morgan fingerprint density at radius 3 is 2.50 bits per heavy atom. The van der Waals surface area contributed by atoms with E-state index in [-0.39, 0.29) is 18.2 Å². The highest BCUT2D eigenvalue weighted by Crippen LogP contribution is 2.24. The zero-order chi connectivity index (χ0) is 20.1. The number of nitrogens with zero attached hydrogens (tertiary/aromatic N) is 2. The summed E-state index contributed by atoms with van der Waals surface area (Å²) in [4.78, 5) is 12.2. The van der Waals surface area contributed by atoms with Crippen LogP contribution in [-0.4, -0.2) is 22.1 Å². The number of hydrogen-bond acceptors (Lipinski definition) is 4. The highest BCUT2D eigenvalue weighted by atomic mass is 35.5. The van der Waals surface area contributed by atoms with Crippen molar-refractivity contribution in [2.24, 2.45) is 0 Å². The summed E-state index contributed by atoms with van der Waals surface area (Å²) in [5.41, 5.74) is 0.403. The van der Waals surface area contributed by atoms with E-state index in [2.05, 4.69) is 15.2 Å². The number of aromatic nitrogens is 2. The minimum absolute atomic E-state index is 0.0422. The number of nitrogens with one attached hydrogen (secondary N) is 1. The minimum atomic E-state index is -4.77. The molecule has 1 amide bonds. The molecule has 10 heteroatoms. The molecule has 1 N–H and O–H groups in total. The van der Waals surface area contributed by atoms with E-state index in [1.807, 2.05) is 0 Å². The van der Waals surface area contributed by atoms with Crippen LogP contribution in [0.4, 0.5) is 18.9 Å². The van der Waals surface area contributed by atoms with Crippen LogP contribution in [0.3, 0.4) is 0 Å². The lowest BCUT2D eigenvalue weighted by Crippen LogP contribution is -2.17. The number of ether oxygens (including phenoxy) is 2. The van der Waals surface area contributed by atoms with Crippen molar-refractivity contribution in [3.8, 4) is 11.5 Å². The Hall–Kier alpha value is -3.20. The van der Waals surface area contributed by atoms with E-state index < -0.39 is 12.3 Å². The third kappa shape index (κ3) is 5.40. The van der Waals surface area contributed by atoms with Gasteiger partial charge in [-0.3, -0.25) is 4.79 Å². The molecule has 28 heavy (non-hydrogen) atoms. The third-order valence-electron chi connectivity index (χ3n) is 3.41. The summed E-state index contributed by atoms with van der Waals surface area (Å²) in [6.07, 6.45) is -3.23. The molecule has 0 aliphatic rings. The van der Waals surface area contributed by atoms with Crippen LogP contribution in [0.25, 0.3) is 0 Å². The SMILES string of the molecule is O=C(Nc1ccc(OC(F)(F)F)cc1)c1ccn(COc2ccccc2Cl)n1. The van der Waals surface area contributed by atoms with Crippen molar-refractivity contribution in [2.75, 3.05) is 5.32 Å². The monoisotopic (exact) mass is 411 g/mol. The summed E-state index contributed by atoms with van der Waals surface area (Å²) in [5, 5.41) is 7.06. The first-order valence-electron chi connectivity index (χ1n) is 7.88. The van der Waals surface area contributed by atoms with Gasteiger partial charge in [-0.2, -0.15) is 5.10 Å². The second-order valence-corrected chi connectivity index (χ2v) is 5.88. The van der Waals surface area contributed by atoms with Crippen molar-refractivity contribution < 1.29 is 27.4 Å². The Morgan fingerprint density at radius 1 is 1.11 bits per heavy atom. The summed E-state index contributed by atoms with van der Waals surface area (Å²) in [5.74, 6) is -0.431. The van der Waals surface area contributed by atoms with Crippen LogP contribution in [0.15, 0.2) is 60.8 Å². The number of anilines is 1. The molecular weight excluding hydrogens is 399 g/mol. The van der Waals surface area contributed by atoms with Crippen molar-refractivity contribution in [3.05, 3.63) is 71.5 Å². The Labute approximate surface area is 162 Å². The highest BCUT2D eigenvalue weighted by Gasteiger charge is 2.30. The molecule has 0 unspecified atom stereocenters. The number of alkyl halides is 3. The van der Waals surface area contributed by atoms with Crippen molar-refractivity contribution in [1.29, 1.82) is 0 Å². The molecule has 0 spiro atoms. The second kappa shape index (κ2) is 8.22. The van der Waals surface area contributed by atoms with Crippen LogP contribution in [-0.2, 0) is 6.73 Å². The molecule has 2 aromatic carbocycles. The number of carbonyl (C=O) groups is 1. The number of halogens is 4. The Balaban J connectivity index is 1.57. The zero-order valence-electron chi connectivity index (χ0n) is 14.1. The minimum Gasteiger partial charge on any atom is -0.470 e. The van der Waals surface area contributed by atoms with Crippen molar-refractivity contribution >= 4 is 23.2 Å². The van der Waals surface area contributed by atoms with Crippen molar-refractivity contribution in [3.63, 3.8) is 0 Å². The lowest BCUT2D eigenvalue weighted by Gasteiger charge is -2.09. The molecule has 0 bridgehead atoms. The molecule has 0 fully saturated rings. The second-order valence-electron chi connectivity index (χ2n) is 5.47. The molecule has 1 aromatic heterocycles. The average molecular weight is 412 g/mol. The van der Waals surface area contributed by atoms with E-state index in [1.54, 1.807) is 30.5 Å². The Kier molecular flexibility index (Phi) is 5.74. The number of rotatable bonds is 6. The van der Waals surface area contributed by atoms with E-state index in [4.69, 9.17) is 16.3 Å². The van der Waals surface area contributed by atoms with Crippen molar-refractivity contribution in [1.82, 2.24) is 9.78 Å². The summed E-state index contributed by atoms with van der Waals surface area (Å²) < 4.78 is 47.1. The van der Waals surface area contributed by atoms with Gasteiger partial charge in [0.05, 0.1) is 5.02 Å². The van der Waals surface area contributed by atoms with E-state index in [1.165, 1.54) is 22.9 Å². The topological polar surface area (TPSA) is 65.4 Å². The Morgan fingerprint density at radius 2 is 1.82 bits per heavy atom. The van der Waals surface area contributed by atoms with Gasteiger partial charge in [0.25, 0.3) is 5.91 Å². The summed E-state index contributed by atoms with van der Waals surface area (Å²) in [6.45, 7) is 0.0422. The number of carbonyl (C=O) groups excluding carboxylic acids is 1. The molecule has 0 atom stereocenters. The van der Waals surface area contributed by atoms with E-state index in [9.17, 15) is 18.0 Å². The molecule has 0 saturated carbocycles. The van der Waals surface area contributed by atoms with Gasteiger partial charge < -0.3 is 14.8 Å². The molecule has 6 nitrogen and oxygen atoms in total. The van der Waals surface area contributed by atoms with Gasteiger partial charge in [0.15, 0.2) is 12.4 Å². The predicted molar refractivity (Wildman–Crippen MR) is 95.4 cm³/mol. The van der Waals surface area contributed by atoms with Crippen LogP contribution in [0, 0.1) is 0 Å². The summed E-state index contributed by atoms with van der Waals surface area (Å²) in [7, 11) is 0. The molecule has 0 radical (unpaired) electrons. The van der Waals surface area contributed by atoms with E-state index >= 15 is 0 Å². The largest absolute Gasteiger partial charge is 0.573 e. The first-order chi connectivity index (χ1) is 13.3. The van der Waals surface area contributed by atoms with Crippen LogP contribution >= 0.6 is 11.6 Å². The average Bonchev–Trinajstić information content (AvgIpc) is 3.11. The lowest BCUT2D eigenvalue weighted by molar-refractivity contribution is -0.274. The molecule has 146 valence electrons. The standard InChI is InChI=1S/C18H13ClF3N3O3/c19-14-3-1-2-4-16(14)27-11-25-10-9-15(24-25)17(26)23-12-5-7-13(8-6-12)28-18(20,21)22/h1-10H,11H2,(H,23,26). The molecule has 3 rings (SSSR count). The molecule has 3 aromatic rings. The maximum atomic E-state index is 12.2. The summed E-state index contributed by atoms with van der Waals surface area (Å²) in [6, 6.07) is 13.2. The van der Waals surface area contributed by atoms with Crippen LogP contribution < -0.4 is 14.8 Å². The van der Waals surface area contributed by atoms with Gasteiger partial charge in [0, 0.05) is 11.9 Å². The molecular formula is C18H13ClF3N3O3. The van der Waals surface area contributed by atoms with Gasteiger partial charge in [0.2, 0.25) is 0 Å². The number of benzene rings is 2. The summed E-state index contributed by atoms with van der Waals surface area (Å²) >= 11 is 5.99. The Bertz CT molecular complexity index is 958. The van der Waals surface area contributed by atoms with Gasteiger partial charge in [-0.25, -0.2) is 4.68 Å². The van der Waals surface area contributed by atoms with E-state index in [0.29, 0.717) is 16.5 Å². The fraction of sp³-hybridized carbons (Fsp3) is 0.111. The molecule has 1 heterocycles. The smallest absolute Gasteiger partial charge is 0.470 e. The molecule has 0 aliphatic heterocycles. The van der Waals surface area contributed by atoms with Crippen LogP contribution in [0.1, 0.15) is 10.5 Å².